The van der Waals surface area contributed by atoms with Crippen LogP contribution in [-0.2, 0) is 0 Å². The lowest BCUT2D eigenvalue weighted by molar-refractivity contribution is 0.194. The molecule has 2 aromatic rings. The van der Waals surface area contributed by atoms with Crippen molar-refractivity contribution in [1.82, 2.24) is 14.9 Å². The quantitative estimate of drug-likeness (QED) is 0.897. The van der Waals surface area contributed by atoms with Gasteiger partial charge in [-0.25, -0.2) is 9.78 Å². The van der Waals surface area contributed by atoms with Crippen LogP contribution < -0.4 is 15.6 Å². The van der Waals surface area contributed by atoms with E-state index in [-0.39, 0.29) is 17.5 Å². The summed E-state index contributed by atoms with van der Waals surface area (Å²) in [6, 6.07) is 8.69. The number of anilines is 1. The highest BCUT2D eigenvalue weighted by Crippen LogP contribution is 2.26. The Hall–Kier alpha value is -2.83. The number of H-pyrrole nitrogens is 1. The van der Waals surface area contributed by atoms with Crippen LogP contribution in [0.15, 0.2) is 35.1 Å². The van der Waals surface area contributed by atoms with Crippen LogP contribution in [0, 0.1) is 6.92 Å². The fourth-order valence-electron chi connectivity index (χ4n) is 3.07. The Morgan fingerprint density at radius 1 is 1.28 bits per heavy atom. The molecule has 0 bridgehead atoms. The number of likely N-dealkylation sites (tertiary alicyclic amines) is 1. The number of ether oxygens (including phenoxy) is 1. The Balaban J connectivity index is 1.57. The first kappa shape index (κ1) is 17.0. The number of carbonyl (C=O) groups excluding carboxylic acids is 1. The van der Waals surface area contributed by atoms with Crippen LogP contribution >= 0.6 is 0 Å². The predicted molar refractivity (Wildman–Crippen MR) is 95.2 cm³/mol. The van der Waals surface area contributed by atoms with Gasteiger partial charge in [0.05, 0.1) is 12.8 Å². The van der Waals surface area contributed by atoms with Gasteiger partial charge < -0.3 is 19.9 Å². The number of rotatable bonds is 3. The molecule has 0 atom stereocenters. The van der Waals surface area contributed by atoms with Crippen LogP contribution in [0.1, 0.15) is 30.3 Å². The van der Waals surface area contributed by atoms with E-state index in [1.54, 1.807) is 25.0 Å². The van der Waals surface area contributed by atoms with Crippen molar-refractivity contribution in [1.29, 1.82) is 0 Å². The highest BCUT2D eigenvalue weighted by Gasteiger charge is 2.25. The maximum atomic E-state index is 12.4. The lowest BCUT2D eigenvalue weighted by atomic mass is 9.93. The Bertz CT molecular complexity index is 793. The lowest BCUT2D eigenvalue weighted by Crippen LogP contribution is -2.40. The first-order chi connectivity index (χ1) is 12.0. The molecule has 7 heteroatoms. The van der Waals surface area contributed by atoms with E-state index in [2.05, 4.69) is 15.3 Å². The number of aryl methyl sites for hydroxylation is 1. The highest BCUT2D eigenvalue weighted by molar-refractivity contribution is 5.89. The molecule has 2 heterocycles. The van der Waals surface area contributed by atoms with Crippen molar-refractivity contribution in [2.75, 3.05) is 25.5 Å². The number of urea groups is 1. The van der Waals surface area contributed by atoms with Gasteiger partial charge in [0.15, 0.2) is 0 Å². The summed E-state index contributed by atoms with van der Waals surface area (Å²) in [5.41, 5.74) is 1.43. The van der Waals surface area contributed by atoms with Crippen LogP contribution in [0.25, 0.3) is 0 Å². The third kappa shape index (κ3) is 4.17. The number of aromatic nitrogens is 2. The molecule has 0 radical (unpaired) electrons. The van der Waals surface area contributed by atoms with Gasteiger partial charge in [-0.3, -0.25) is 4.79 Å². The number of hydrogen-bond acceptors (Lipinski definition) is 4. The van der Waals surface area contributed by atoms with Crippen molar-refractivity contribution >= 4 is 11.7 Å². The summed E-state index contributed by atoms with van der Waals surface area (Å²) >= 11 is 0. The molecular formula is C18H22N4O3. The first-order valence-corrected chi connectivity index (χ1v) is 8.33. The zero-order valence-electron chi connectivity index (χ0n) is 14.4. The smallest absolute Gasteiger partial charge is 0.321 e. The third-order valence-electron chi connectivity index (χ3n) is 4.42. The van der Waals surface area contributed by atoms with Gasteiger partial charge in [-0.05, 0) is 44.0 Å². The fraction of sp³-hybridized carbons (Fsp3) is 0.389. The van der Waals surface area contributed by atoms with Crippen molar-refractivity contribution in [3.8, 4) is 5.75 Å². The predicted octanol–water partition coefficient (Wildman–Crippen LogP) is 2.50. The molecule has 1 aromatic carbocycles. The second kappa shape index (κ2) is 7.38. The number of benzene rings is 1. The van der Waals surface area contributed by atoms with E-state index in [1.165, 1.54) is 0 Å². The number of hydrogen-bond donors (Lipinski definition) is 2. The number of nitrogens with zero attached hydrogens (tertiary/aromatic N) is 2. The maximum absolute atomic E-state index is 12.4. The standard InChI is InChI=1S/C18H22N4O3/c1-12-19-16(11-17(23)20-12)13-7-9-22(10-8-13)18(24)21-14-3-5-15(25-2)6-4-14/h3-6,11,13H,7-10H2,1-2H3,(H,21,24)(H,19,20,23). The average molecular weight is 342 g/mol. The molecule has 132 valence electrons. The van der Waals surface area contributed by atoms with Crippen molar-refractivity contribution < 1.29 is 9.53 Å². The topological polar surface area (TPSA) is 87.3 Å². The molecule has 2 N–H and O–H groups in total. The van der Waals surface area contributed by atoms with Crippen LogP contribution in [-0.4, -0.2) is 41.1 Å². The second-order valence-corrected chi connectivity index (χ2v) is 6.18. The summed E-state index contributed by atoms with van der Waals surface area (Å²) in [4.78, 5) is 32.9. The summed E-state index contributed by atoms with van der Waals surface area (Å²) in [6.07, 6.45) is 1.60. The normalized spacial score (nSPS) is 15.0. The SMILES string of the molecule is COc1ccc(NC(=O)N2CCC(c3cc(=O)[nH]c(C)n3)CC2)cc1. The van der Waals surface area contributed by atoms with E-state index in [1.807, 2.05) is 24.3 Å². The second-order valence-electron chi connectivity index (χ2n) is 6.18. The minimum Gasteiger partial charge on any atom is -0.497 e. The molecule has 1 aromatic heterocycles. The van der Waals surface area contributed by atoms with E-state index in [0.717, 1.165) is 30.0 Å². The molecular weight excluding hydrogens is 320 g/mol. The van der Waals surface area contributed by atoms with Gasteiger partial charge in [-0.15, -0.1) is 0 Å². The molecule has 1 fully saturated rings. The molecule has 0 aliphatic carbocycles. The minimum atomic E-state index is -0.123. The molecule has 0 spiro atoms. The Labute approximate surface area is 146 Å². The van der Waals surface area contributed by atoms with Crippen LogP contribution in [0.4, 0.5) is 10.5 Å². The summed E-state index contributed by atoms with van der Waals surface area (Å²) < 4.78 is 5.11. The molecule has 0 saturated carbocycles. The molecule has 7 nitrogen and oxygen atoms in total. The van der Waals surface area contributed by atoms with Crippen LogP contribution in [0.2, 0.25) is 0 Å². The number of nitrogens with one attached hydrogen (secondary N) is 2. The molecule has 2 amide bonds. The van der Waals surface area contributed by atoms with Gasteiger partial charge in [0.2, 0.25) is 0 Å². The number of carbonyl (C=O) groups is 1. The molecule has 1 aliphatic heterocycles. The lowest BCUT2D eigenvalue weighted by Gasteiger charge is -2.31. The van der Waals surface area contributed by atoms with Crippen molar-refractivity contribution in [3.63, 3.8) is 0 Å². The van der Waals surface area contributed by atoms with E-state index in [9.17, 15) is 9.59 Å². The zero-order chi connectivity index (χ0) is 17.8. The summed E-state index contributed by atoms with van der Waals surface area (Å²) in [6.45, 7) is 3.06. The molecule has 3 rings (SSSR count). The van der Waals surface area contributed by atoms with Gasteiger partial charge >= 0.3 is 6.03 Å². The van der Waals surface area contributed by atoms with Crippen molar-refractivity contribution in [2.24, 2.45) is 0 Å². The number of piperidine rings is 1. The first-order valence-electron chi connectivity index (χ1n) is 8.33. The van der Waals surface area contributed by atoms with E-state index in [0.29, 0.717) is 18.9 Å². The van der Waals surface area contributed by atoms with E-state index in [4.69, 9.17) is 4.74 Å². The number of aromatic amines is 1. The van der Waals surface area contributed by atoms with E-state index >= 15 is 0 Å². The van der Waals surface area contributed by atoms with E-state index < -0.39 is 0 Å². The zero-order valence-corrected chi connectivity index (χ0v) is 14.4. The molecule has 1 aliphatic rings. The summed E-state index contributed by atoms with van der Waals surface area (Å²) in [7, 11) is 1.61. The van der Waals surface area contributed by atoms with Gasteiger partial charge in [0.25, 0.3) is 5.56 Å². The third-order valence-corrected chi connectivity index (χ3v) is 4.42. The number of amides is 2. The summed E-state index contributed by atoms with van der Waals surface area (Å²) in [5, 5.41) is 2.90. The fourth-order valence-corrected chi connectivity index (χ4v) is 3.07. The Kier molecular flexibility index (Phi) is 5.02. The van der Waals surface area contributed by atoms with Crippen molar-refractivity contribution in [3.05, 3.63) is 52.2 Å². The molecule has 0 unspecified atom stereocenters. The monoisotopic (exact) mass is 342 g/mol. The molecule has 1 saturated heterocycles. The summed E-state index contributed by atoms with van der Waals surface area (Å²) in [5.74, 6) is 1.59. The van der Waals surface area contributed by atoms with Crippen LogP contribution in [0.5, 0.6) is 5.75 Å². The Morgan fingerprint density at radius 2 is 1.96 bits per heavy atom. The van der Waals surface area contributed by atoms with Gasteiger partial charge in [0, 0.05) is 30.8 Å². The number of methoxy groups -OCH3 is 1. The van der Waals surface area contributed by atoms with Crippen LogP contribution in [0.3, 0.4) is 0 Å². The molecule has 25 heavy (non-hydrogen) atoms. The minimum absolute atomic E-state index is 0.112. The largest absolute Gasteiger partial charge is 0.497 e. The average Bonchev–Trinajstić information content (AvgIpc) is 2.61. The highest BCUT2D eigenvalue weighted by atomic mass is 16.5. The van der Waals surface area contributed by atoms with Gasteiger partial charge in [-0.1, -0.05) is 0 Å². The Morgan fingerprint density at radius 3 is 2.56 bits per heavy atom. The maximum Gasteiger partial charge on any atom is 0.321 e. The van der Waals surface area contributed by atoms with Gasteiger partial charge in [0.1, 0.15) is 11.6 Å². The van der Waals surface area contributed by atoms with Gasteiger partial charge in [-0.2, -0.15) is 0 Å². The van der Waals surface area contributed by atoms with Crippen molar-refractivity contribution in [2.45, 2.75) is 25.7 Å².